The van der Waals surface area contributed by atoms with Crippen LogP contribution in [0.15, 0.2) is 12.3 Å². The zero-order valence-corrected chi connectivity index (χ0v) is 11.8. The molecule has 0 atom stereocenters. The molecule has 1 aromatic heterocycles. The third-order valence-corrected chi connectivity index (χ3v) is 3.49. The average Bonchev–Trinajstić information content (AvgIpc) is 2.74. The van der Waals surface area contributed by atoms with E-state index in [9.17, 15) is 9.90 Å². The largest absolute Gasteiger partial charge is 0.387 e. The van der Waals surface area contributed by atoms with E-state index < -0.39 is 5.60 Å². The molecule has 0 bridgehead atoms. The van der Waals surface area contributed by atoms with Crippen molar-refractivity contribution < 1.29 is 9.90 Å². The fourth-order valence-corrected chi connectivity index (χ4v) is 2.33. The Kier molecular flexibility index (Phi) is 3.91. The molecule has 19 heavy (non-hydrogen) atoms. The van der Waals surface area contributed by atoms with Crippen molar-refractivity contribution >= 4 is 11.7 Å². The molecule has 0 unspecified atom stereocenters. The van der Waals surface area contributed by atoms with Crippen LogP contribution < -0.4 is 5.32 Å². The van der Waals surface area contributed by atoms with Gasteiger partial charge in [0.2, 0.25) is 5.91 Å². The molecule has 0 aromatic carbocycles. The maximum absolute atomic E-state index is 11.9. The molecule has 0 aliphatic carbocycles. The molecule has 0 radical (unpaired) electrons. The lowest BCUT2D eigenvalue weighted by Gasteiger charge is -2.45. The number of hydrogen-bond donors (Lipinski definition) is 2. The second-order valence-electron chi connectivity index (χ2n) is 5.53. The monoisotopic (exact) mass is 266 g/mol. The van der Waals surface area contributed by atoms with E-state index in [0.717, 1.165) is 6.42 Å². The highest BCUT2D eigenvalue weighted by Crippen LogP contribution is 2.23. The zero-order chi connectivity index (χ0) is 14.0. The molecule has 1 aromatic rings. The quantitative estimate of drug-likeness (QED) is 0.829. The molecule has 6 nitrogen and oxygen atoms in total. The van der Waals surface area contributed by atoms with E-state index in [4.69, 9.17) is 0 Å². The maximum atomic E-state index is 11.9. The van der Waals surface area contributed by atoms with Crippen molar-refractivity contribution in [2.24, 2.45) is 0 Å². The Labute approximate surface area is 113 Å². The van der Waals surface area contributed by atoms with Crippen molar-refractivity contribution in [3.05, 3.63) is 12.3 Å². The van der Waals surface area contributed by atoms with Crippen molar-refractivity contribution in [1.82, 2.24) is 14.7 Å². The third-order valence-electron chi connectivity index (χ3n) is 3.49. The smallest absolute Gasteiger partial charge is 0.239 e. The topological polar surface area (TPSA) is 70.4 Å². The van der Waals surface area contributed by atoms with Gasteiger partial charge in [-0.05, 0) is 20.3 Å². The highest BCUT2D eigenvalue weighted by atomic mass is 16.3. The van der Waals surface area contributed by atoms with Crippen LogP contribution in [0.3, 0.4) is 0 Å². The van der Waals surface area contributed by atoms with Gasteiger partial charge in [0.05, 0.1) is 18.3 Å². The van der Waals surface area contributed by atoms with E-state index in [1.165, 1.54) is 0 Å². The zero-order valence-electron chi connectivity index (χ0n) is 11.8. The number of aliphatic hydroxyl groups is 1. The molecule has 1 aliphatic rings. The minimum Gasteiger partial charge on any atom is -0.387 e. The Hall–Kier alpha value is -1.40. The van der Waals surface area contributed by atoms with Gasteiger partial charge in [-0.1, -0.05) is 6.92 Å². The number of amides is 1. The predicted octanol–water partition coefficient (Wildman–Crippen LogP) is 0.859. The van der Waals surface area contributed by atoms with Crippen LogP contribution in [0.1, 0.15) is 33.2 Å². The molecule has 1 fully saturated rings. The Balaban J connectivity index is 1.84. The van der Waals surface area contributed by atoms with Gasteiger partial charge in [-0.25, -0.2) is 4.68 Å². The summed E-state index contributed by atoms with van der Waals surface area (Å²) in [4.78, 5) is 13.9. The minimum absolute atomic E-state index is 0.0689. The van der Waals surface area contributed by atoms with Crippen molar-refractivity contribution in [3.8, 4) is 0 Å². The van der Waals surface area contributed by atoms with Crippen LogP contribution in [0.25, 0.3) is 0 Å². The van der Waals surface area contributed by atoms with Crippen molar-refractivity contribution in [3.63, 3.8) is 0 Å². The lowest BCUT2D eigenvalue weighted by Crippen LogP contribution is -2.62. The van der Waals surface area contributed by atoms with E-state index in [2.05, 4.69) is 10.4 Å². The van der Waals surface area contributed by atoms with Gasteiger partial charge in [0.1, 0.15) is 5.82 Å². The number of carbonyl (C=O) groups is 1. The van der Waals surface area contributed by atoms with E-state index in [-0.39, 0.29) is 11.9 Å². The summed E-state index contributed by atoms with van der Waals surface area (Å²) >= 11 is 0. The first-order valence-corrected chi connectivity index (χ1v) is 6.71. The molecule has 2 rings (SSSR count). The van der Waals surface area contributed by atoms with Crippen molar-refractivity contribution in [1.29, 1.82) is 0 Å². The van der Waals surface area contributed by atoms with Gasteiger partial charge in [-0.2, -0.15) is 5.10 Å². The number of likely N-dealkylation sites (tertiary alicyclic amines) is 1. The molecule has 0 spiro atoms. The lowest BCUT2D eigenvalue weighted by molar-refractivity contribution is -0.128. The fraction of sp³-hybridized carbons (Fsp3) is 0.692. The Morgan fingerprint density at radius 1 is 1.58 bits per heavy atom. The van der Waals surface area contributed by atoms with Crippen LogP contribution in [-0.2, 0) is 4.79 Å². The normalized spacial score (nSPS) is 18.4. The minimum atomic E-state index is -0.597. The Morgan fingerprint density at radius 3 is 2.84 bits per heavy atom. The van der Waals surface area contributed by atoms with Gasteiger partial charge >= 0.3 is 0 Å². The van der Waals surface area contributed by atoms with Crippen molar-refractivity contribution in [2.45, 2.75) is 38.8 Å². The molecule has 1 saturated heterocycles. The van der Waals surface area contributed by atoms with Gasteiger partial charge in [0.25, 0.3) is 0 Å². The fourth-order valence-electron chi connectivity index (χ4n) is 2.33. The first-order valence-electron chi connectivity index (χ1n) is 6.71. The maximum Gasteiger partial charge on any atom is 0.239 e. The van der Waals surface area contributed by atoms with E-state index in [1.54, 1.807) is 16.9 Å². The summed E-state index contributed by atoms with van der Waals surface area (Å²) in [5.41, 5.74) is -0.597. The first kappa shape index (κ1) is 14.0. The number of rotatable bonds is 5. The summed E-state index contributed by atoms with van der Waals surface area (Å²) in [6, 6.07) is 2.00. The summed E-state index contributed by atoms with van der Waals surface area (Å²) in [7, 11) is 0. The number of nitrogens with zero attached hydrogens (tertiary/aromatic N) is 3. The molecule has 2 N–H and O–H groups in total. The van der Waals surface area contributed by atoms with Gasteiger partial charge in [0, 0.05) is 25.2 Å². The van der Waals surface area contributed by atoms with Gasteiger partial charge in [0.15, 0.2) is 0 Å². The molecule has 1 aliphatic heterocycles. The summed E-state index contributed by atoms with van der Waals surface area (Å²) in [6.07, 6.45) is 2.40. The molecule has 2 heterocycles. The van der Waals surface area contributed by atoms with Crippen LogP contribution in [0, 0.1) is 0 Å². The number of β-amino-alcohol motifs (C(OH)–C–C–N with tert-alkyl or cyclic N) is 1. The average molecular weight is 266 g/mol. The number of hydrogen-bond acceptors (Lipinski definition) is 4. The van der Waals surface area contributed by atoms with Crippen LogP contribution >= 0.6 is 0 Å². The lowest BCUT2D eigenvalue weighted by atomic mass is 9.91. The molecule has 106 valence electrons. The van der Waals surface area contributed by atoms with E-state index >= 15 is 0 Å². The summed E-state index contributed by atoms with van der Waals surface area (Å²) in [5, 5.41) is 16.9. The molecular weight excluding hydrogens is 244 g/mol. The number of nitrogens with one attached hydrogen (secondary N) is 1. The number of carbonyl (C=O) groups excluding carboxylic acids is 1. The standard InChI is InChI=1S/C13H22N4O2/c1-4-13(19)8-16(9-13)7-12(18)15-11-5-6-14-17(11)10(2)3/h5-6,10,19H,4,7-9H2,1-3H3,(H,15,18). The number of anilines is 1. The second kappa shape index (κ2) is 5.30. The molecular formula is C13H22N4O2. The highest BCUT2D eigenvalue weighted by molar-refractivity contribution is 5.91. The Morgan fingerprint density at radius 2 is 2.26 bits per heavy atom. The number of aromatic nitrogens is 2. The molecule has 1 amide bonds. The second-order valence-corrected chi connectivity index (χ2v) is 5.53. The Bertz CT molecular complexity index is 449. The van der Waals surface area contributed by atoms with Gasteiger partial charge in [-0.15, -0.1) is 0 Å². The van der Waals surface area contributed by atoms with Crippen LogP contribution in [-0.4, -0.2) is 50.9 Å². The summed E-state index contributed by atoms with van der Waals surface area (Å²) in [5.74, 6) is 0.645. The van der Waals surface area contributed by atoms with Crippen LogP contribution in [0.4, 0.5) is 5.82 Å². The first-order chi connectivity index (χ1) is 8.93. The van der Waals surface area contributed by atoms with Gasteiger partial charge in [-0.3, -0.25) is 9.69 Å². The third kappa shape index (κ3) is 3.13. The predicted molar refractivity (Wildman–Crippen MR) is 72.9 cm³/mol. The van der Waals surface area contributed by atoms with Crippen molar-refractivity contribution in [2.75, 3.05) is 25.0 Å². The highest BCUT2D eigenvalue weighted by Gasteiger charge is 2.39. The van der Waals surface area contributed by atoms with E-state index in [1.807, 2.05) is 25.7 Å². The van der Waals surface area contributed by atoms with Gasteiger partial charge < -0.3 is 10.4 Å². The molecule has 0 saturated carbocycles. The van der Waals surface area contributed by atoms with Crippen LogP contribution in [0.2, 0.25) is 0 Å². The molecule has 6 heteroatoms. The SMILES string of the molecule is CCC1(O)CN(CC(=O)Nc2ccnn2C(C)C)C1. The summed E-state index contributed by atoms with van der Waals surface area (Å²) < 4.78 is 1.77. The van der Waals surface area contributed by atoms with E-state index in [0.29, 0.717) is 25.5 Å². The van der Waals surface area contributed by atoms with Crippen LogP contribution in [0.5, 0.6) is 0 Å². The summed E-state index contributed by atoms with van der Waals surface area (Å²) in [6.45, 7) is 7.43.